The van der Waals surface area contributed by atoms with Gasteiger partial charge in [-0.05, 0) is 69.1 Å². The number of unbranched alkanes of at least 4 members (excludes halogenated alkanes) is 32. The number of phosphoric acid groups is 2. The molecule has 0 aliphatic rings. The van der Waals surface area contributed by atoms with Gasteiger partial charge in [0.25, 0.3) is 0 Å². The van der Waals surface area contributed by atoms with Crippen LogP contribution in [0.1, 0.15) is 337 Å². The number of carbonyl (C=O) groups excluding carboxylic acids is 4. The lowest BCUT2D eigenvalue weighted by Gasteiger charge is -2.21. The molecular formula is C72H136O17P2. The fourth-order valence-corrected chi connectivity index (χ4v) is 11.9. The Morgan fingerprint density at radius 2 is 0.648 bits per heavy atom. The van der Waals surface area contributed by atoms with E-state index in [-0.39, 0.29) is 25.7 Å². The molecule has 0 aromatic heterocycles. The molecule has 0 radical (unpaired) electrons. The van der Waals surface area contributed by atoms with Crippen LogP contribution < -0.4 is 0 Å². The van der Waals surface area contributed by atoms with E-state index < -0.39 is 97.5 Å². The average molecular weight is 1340 g/mol. The summed E-state index contributed by atoms with van der Waals surface area (Å²) in [5.74, 6) is 0.0593. The molecule has 3 N–H and O–H groups in total. The maximum atomic E-state index is 13.0. The summed E-state index contributed by atoms with van der Waals surface area (Å²) in [7, 11) is -9.92. The monoisotopic (exact) mass is 1330 g/mol. The van der Waals surface area contributed by atoms with E-state index in [1.165, 1.54) is 122 Å². The van der Waals surface area contributed by atoms with Crippen LogP contribution in [0.4, 0.5) is 0 Å². The second-order valence-electron chi connectivity index (χ2n) is 26.5. The number of phosphoric ester groups is 2. The van der Waals surface area contributed by atoms with E-state index in [0.29, 0.717) is 31.6 Å². The van der Waals surface area contributed by atoms with Crippen molar-refractivity contribution in [2.45, 2.75) is 356 Å². The summed E-state index contributed by atoms with van der Waals surface area (Å²) in [5.41, 5.74) is 0. The van der Waals surface area contributed by atoms with Gasteiger partial charge < -0.3 is 33.8 Å². The van der Waals surface area contributed by atoms with Crippen molar-refractivity contribution in [3.05, 3.63) is 24.3 Å². The summed E-state index contributed by atoms with van der Waals surface area (Å²) in [6, 6.07) is 0. The Kier molecular flexibility index (Phi) is 60.7. The highest BCUT2D eigenvalue weighted by Gasteiger charge is 2.30. The molecule has 536 valence electrons. The first-order valence-corrected chi connectivity index (χ1v) is 39.7. The van der Waals surface area contributed by atoms with E-state index in [2.05, 4.69) is 72.8 Å². The third-order valence-electron chi connectivity index (χ3n) is 16.4. The zero-order chi connectivity index (χ0) is 67.3. The zero-order valence-corrected chi connectivity index (χ0v) is 60.6. The van der Waals surface area contributed by atoms with Gasteiger partial charge in [-0.1, -0.05) is 285 Å². The highest BCUT2D eigenvalue weighted by atomic mass is 31.2. The number of aliphatic hydroxyl groups excluding tert-OH is 1. The third kappa shape index (κ3) is 64.6. The van der Waals surface area contributed by atoms with Crippen molar-refractivity contribution in [2.75, 3.05) is 39.6 Å². The van der Waals surface area contributed by atoms with Crippen LogP contribution in [0.25, 0.3) is 0 Å². The normalized spacial score (nSPS) is 14.6. The van der Waals surface area contributed by atoms with Crippen molar-refractivity contribution in [2.24, 2.45) is 17.8 Å². The number of esters is 4. The number of carbonyl (C=O) groups is 4. The van der Waals surface area contributed by atoms with Crippen molar-refractivity contribution in [3.63, 3.8) is 0 Å². The molecule has 0 amide bonds. The summed E-state index contributed by atoms with van der Waals surface area (Å²) < 4.78 is 68.3. The Balaban J connectivity index is 5.28. The summed E-state index contributed by atoms with van der Waals surface area (Å²) >= 11 is 0. The van der Waals surface area contributed by atoms with Crippen molar-refractivity contribution in [3.8, 4) is 0 Å². The molecule has 0 aromatic carbocycles. The molecule has 3 unspecified atom stereocenters. The SMILES string of the molecule is CCCCCC/C=C\C=C/CCCCCCCC(=O)O[C@H](COC(=O)CCCCCCCCC(C)CC)COP(=O)(O)OC[C@H](O)COP(=O)(O)OC[C@@H](COC(=O)CCCCCCCCCC(C)C)OC(=O)CCCCCCCCCCCCCCCC(C)C. The fourth-order valence-electron chi connectivity index (χ4n) is 10.3. The lowest BCUT2D eigenvalue weighted by Crippen LogP contribution is -2.30. The second-order valence-corrected chi connectivity index (χ2v) is 29.4. The van der Waals surface area contributed by atoms with Gasteiger partial charge in [-0.3, -0.25) is 37.3 Å². The average Bonchev–Trinajstić information content (AvgIpc) is 2.70. The minimum atomic E-state index is -4.96. The Hall–Kier alpha value is -2.46. The quantitative estimate of drug-likeness (QED) is 0.0169. The maximum Gasteiger partial charge on any atom is 0.472 e. The molecule has 0 aromatic rings. The van der Waals surface area contributed by atoms with E-state index in [4.69, 9.17) is 37.0 Å². The smallest absolute Gasteiger partial charge is 0.462 e. The van der Waals surface area contributed by atoms with Crippen molar-refractivity contribution < 1.29 is 80.2 Å². The van der Waals surface area contributed by atoms with Crippen LogP contribution in [0.2, 0.25) is 0 Å². The standard InChI is InChI=1S/C72H136O17P2/c1-8-10-11-12-13-14-15-16-17-20-23-26-31-41-48-55-72(77)89-68(60-83-70(75)54-47-40-35-34-38-45-52-65(7)9-2)62-87-91(80,81)85-58-66(73)57-84-90(78,79)86-61-67(59-82-69(74)53-46-39-33-28-30-37-44-51-64(5)6)88-71(76)56-49-42-32-27-24-21-18-19-22-25-29-36-43-50-63(3)4/h14-17,63-68,73H,8-13,18-62H2,1-7H3,(H,78,79)(H,80,81)/b15-14-,17-16-/t65?,66-,67-,68-/m1/s1. The summed E-state index contributed by atoms with van der Waals surface area (Å²) in [6.45, 7) is 11.7. The van der Waals surface area contributed by atoms with Crippen LogP contribution in [0.15, 0.2) is 24.3 Å². The molecule has 17 nitrogen and oxygen atoms in total. The second kappa shape index (κ2) is 62.4. The summed E-state index contributed by atoms with van der Waals surface area (Å²) in [4.78, 5) is 72.6. The molecule has 91 heavy (non-hydrogen) atoms. The largest absolute Gasteiger partial charge is 0.472 e. The third-order valence-corrected chi connectivity index (χ3v) is 18.3. The number of allylic oxidation sites excluding steroid dienone is 4. The van der Waals surface area contributed by atoms with Crippen LogP contribution in [-0.2, 0) is 65.4 Å². The van der Waals surface area contributed by atoms with Gasteiger partial charge in [0.05, 0.1) is 26.4 Å². The summed E-state index contributed by atoms with van der Waals surface area (Å²) in [6.07, 6.45) is 49.5. The van der Waals surface area contributed by atoms with Gasteiger partial charge in [-0.25, -0.2) is 9.13 Å². The lowest BCUT2D eigenvalue weighted by molar-refractivity contribution is -0.161. The number of rotatable bonds is 68. The zero-order valence-electron chi connectivity index (χ0n) is 58.8. The van der Waals surface area contributed by atoms with E-state index in [1.807, 2.05) is 0 Å². The highest BCUT2D eigenvalue weighted by molar-refractivity contribution is 7.47. The lowest BCUT2D eigenvalue weighted by atomic mass is 10.00. The van der Waals surface area contributed by atoms with Crippen LogP contribution >= 0.6 is 15.6 Å². The highest BCUT2D eigenvalue weighted by Crippen LogP contribution is 2.45. The maximum absolute atomic E-state index is 13.0. The van der Waals surface area contributed by atoms with Crippen LogP contribution in [0.3, 0.4) is 0 Å². The number of aliphatic hydroxyl groups is 1. The molecule has 0 saturated carbocycles. The first-order valence-electron chi connectivity index (χ1n) is 36.7. The van der Waals surface area contributed by atoms with Crippen LogP contribution in [0.5, 0.6) is 0 Å². The molecule has 0 rings (SSSR count). The predicted octanol–water partition coefficient (Wildman–Crippen LogP) is 20.2. The van der Waals surface area contributed by atoms with Crippen LogP contribution in [0, 0.1) is 17.8 Å². The van der Waals surface area contributed by atoms with Crippen molar-refractivity contribution in [1.82, 2.24) is 0 Å². The predicted molar refractivity (Wildman–Crippen MR) is 367 cm³/mol. The van der Waals surface area contributed by atoms with Crippen molar-refractivity contribution in [1.29, 1.82) is 0 Å². The summed E-state index contributed by atoms with van der Waals surface area (Å²) in [5, 5.41) is 10.6. The molecule has 6 atom stereocenters. The minimum absolute atomic E-state index is 0.0837. The Morgan fingerprint density at radius 1 is 0.363 bits per heavy atom. The first kappa shape index (κ1) is 88.5. The molecule has 0 aliphatic heterocycles. The van der Waals surface area contributed by atoms with Gasteiger partial charge in [-0.15, -0.1) is 0 Å². The number of hydrogen-bond donors (Lipinski definition) is 3. The molecule has 0 fully saturated rings. The van der Waals surface area contributed by atoms with E-state index >= 15 is 0 Å². The molecule has 0 bridgehead atoms. The van der Waals surface area contributed by atoms with Gasteiger partial charge >= 0.3 is 39.5 Å². The van der Waals surface area contributed by atoms with E-state index in [1.54, 1.807) is 0 Å². The first-order chi connectivity index (χ1) is 43.8. The van der Waals surface area contributed by atoms with Gasteiger partial charge in [0.1, 0.15) is 19.3 Å². The van der Waals surface area contributed by atoms with Gasteiger partial charge in [0.15, 0.2) is 12.2 Å². The molecule has 0 saturated heterocycles. The number of ether oxygens (including phenoxy) is 4. The molecule has 0 spiro atoms. The Morgan fingerprint density at radius 3 is 0.978 bits per heavy atom. The van der Waals surface area contributed by atoms with Gasteiger partial charge in [-0.2, -0.15) is 0 Å². The Labute approximate surface area is 554 Å². The van der Waals surface area contributed by atoms with Crippen molar-refractivity contribution >= 4 is 39.5 Å². The minimum Gasteiger partial charge on any atom is -0.462 e. The van der Waals surface area contributed by atoms with Gasteiger partial charge in [0, 0.05) is 25.7 Å². The molecule has 19 heteroatoms. The topological polar surface area (TPSA) is 237 Å². The molecular weight excluding hydrogens is 1200 g/mol. The van der Waals surface area contributed by atoms with E-state index in [0.717, 1.165) is 127 Å². The van der Waals surface area contributed by atoms with Crippen LogP contribution in [-0.4, -0.2) is 96.7 Å². The van der Waals surface area contributed by atoms with Gasteiger partial charge in [0.2, 0.25) is 0 Å². The molecule has 0 aliphatic carbocycles. The fraction of sp³-hybridized carbons (Fsp3) is 0.889. The van der Waals surface area contributed by atoms with E-state index in [9.17, 15) is 43.2 Å². The molecule has 0 heterocycles. The Bertz CT molecular complexity index is 1880. The number of hydrogen-bond acceptors (Lipinski definition) is 15.